The average Bonchev–Trinajstić information content (AvgIpc) is 3.74. The van der Waals surface area contributed by atoms with Gasteiger partial charge in [-0.2, -0.15) is 4.31 Å². The van der Waals surface area contributed by atoms with E-state index in [2.05, 4.69) is 20.6 Å². The molecule has 0 bridgehead atoms. The maximum absolute atomic E-state index is 13.3. The normalized spacial score (nSPS) is 31.8. The number of rotatable bonds is 7. The van der Waals surface area contributed by atoms with Gasteiger partial charge in [0.1, 0.15) is 5.84 Å². The zero-order chi connectivity index (χ0) is 28.0. The summed E-state index contributed by atoms with van der Waals surface area (Å²) in [5.41, 5.74) is 10.0. The van der Waals surface area contributed by atoms with E-state index in [-0.39, 0.29) is 29.4 Å². The third-order valence-electron chi connectivity index (χ3n) is 8.88. The highest BCUT2D eigenvalue weighted by Gasteiger charge is 2.41. The number of nitrogens with zero attached hydrogens (tertiary/aromatic N) is 3. The van der Waals surface area contributed by atoms with Crippen molar-refractivity contribution >= 4 is 33.2 Å². The van der Waals surface area contributed by atoms with Crippen LogP contribution in [0.1, 0.15) is 56.9 Å². The molecule has 6 N–H and O–H groups in total. The van der Waals surface area contributed by atoms with Crippen molar-refractivity contribution in [3.05, 3.63) is 47.3 Å². The minimum atomic E-state index is -3.67. The number of nitrogens with one attached hydrogen (secondary N) is 2. The Kier molecular flexibility index (Phi) is 7.18. The van der Waals surface area contributed by atoms with E-state index in [1.165, 1.54) is 16.4 Å². The monoisotopic (exact) mass is 568 g/mol. The number of benzene rings is 1. The molecule has 2 saturated carbocycles. The summed E-state index contributed by atoms with van der Waals surface area (Å²) in [6.45, 7) is 1.06. The second-order valence-electron chi connectivity index (χ2n) is 11.4. The number of aliphatic hydroxyl groups is 1. The van der Waals surface area contributed by atoms with Gasteiger partial charge in [0.15, 0.2) is 6.23 Å². The van der Waals surface area contributed by atoms with E-state index < -0.39 is 28.1 Å². The number of allylic oxidation sites excluding steroid dienone is 1. The molecule has 214 valence electrons. The van der Waals surface area contributed by atoms with Gasteiger partial charge in [0, 0.05) is 42.2 Å². The molecule has 0 spiro atoms. The Labute approximate surface area is 234 Å². The highest BCUT2D eigenvalue weighted by atomic mass is 32.2. The van der Waals surface area contributed by atoms with E-state index in [0.717, 1.165) is 31.5 Å². The largest absolute Gasteiger partial charge is 0.481 e. The lowest BCUT2D eigenvalue weighted by molar-refractivity contribution is -0.143. The fourth-order valence-electron chi connectivity index (χ4n) is 6.65. The van der Waals surface area contributed by atoms with Crippen molar-refractivity contribution < 1.29 is 23.4 Å². The molecule has 1 unspecified atom stereocenters. The molecular formula is C28H36N6O5S. The third-order valence-corrected chi connectivity index (χ3v) is 10.9. The van der Waals surface area contributed by atoms with Crippen LogP contribution in [0, 0.1) is 11.8 Å². The van der Waals surface area contributed by atoms with Gasteiger partial charge in [0.25, 0.3) is 0 Å². The van der Waals surface area contributed by atoms with E-state index in [1.807, 2.05) is 6.08 Å². The van der Waals surface area contributed by atoms with Crippen LogP contribution in [0.25, 0.3) is 0 Å². The molecule has 0 radical (unpaired) electrons. The first kappa shape index (κ1) is 27.0. The number of carboxylic acids is 1. The predicted molar refractivity (Wildman–Crippen MR) is 150 cm³/mol. The van der Waals surface area contributed by atoms with Crippen LogP contribution in [0.5, 0.6) is 0 Å². The van der Waals surface area contributed by atoms with E-state index in [9.17, 15) is 23.4 Å². The Balaban J connectivity index is 1.23. The number of aliphatic carboxylic acids is 1. The number of sulfonamides is 1. The molecule has 40 heavy (non-hydrogen) atoms. The van der Waals surface area contributed by atoms with Crippen molar-refractivity contribution in [2.75, 3.05) is 6.54 Å². The van der Waals surface area contributed by atoms with Gasteiger partial charge in [0.05, 0.1) is 28.6 Å². The molecule has 0 aromatic heterocycles. The van der Waals surface area contributed by atoms with Crippen LogP contribution in [0.4, 0.5) is 5.69 Å². The van der Waals surface area contributed by atoms with Crippen LogP contribution in [0.3, 0.4) is 0 Å². The number of carboxylic acid groups (broad SMARTS) is 1. The molecule has 1 aromatic rings. The van der Waals surface area contributed by atoms with Crippen LogP contribution in [0.15, 0.2) is 56.6 Å². The molecule has 2 aliphatic carbocycles. The number of hydrogen-bond acceptors (Lipinski definition) is 8. The summed E-state index contributed by atoms with van der Waals surface area (Å²) in [5.74, 6) is -0.689. The number of dihydropyridines is 1. The summed E-state index contributed by atoms with van der Waals surface area (Å²) >= 11 is 0. The highest BCUT2D eigenvalue weighted by Crippen LogP contribution is 2.39. The van der Waals surface area contributed by atoms with E-state index in [0.29, 0.717) is 48.4 Å². The molecule has 3 aliphatic heterocycles. The minimum Gasteiger partial charge on any atom is -0.481 e. The summed E-state index contributed by atoms with van der Waals surface area (Å²) < 4.78 is 28.1. The number of hydrogen-bond donors (Lipinski definition) is 5. The molecule has 11 nitrogen and oxygen atoms in total. The molecule has 12 heteroatoms. The summed E-state index contributed by atoms with van der Waals surface area (Å²) in [7, 11) is -3.67. The first-order valence-corrected chi connectivity index (χ1v) is 15.5. The summed E-state index contributed by atoms with van der Waals surface area (Å²) in [4.78, 5) is 20.6. The van der Waals surface area contributed by atoms with Crippen LogP contribution in [0.2, 0.25) is 0 Å². The second kappa shape index (κ2) is 10.6. The van der Waals surface area contributed by atoms with Crippen molar-refractivity contribution in [1.29, 1.82) is 0 Å². The van der Waals surface area contributed by atoms with Crippen molar-refractivity contribution in [3.63, 3.8) is 0 Å². The summed E-state index contributed by atoms with van der Waals surface area (Å²) in [6.07, 6.45) is 8.95. The van der Waals surface area contributed by atoms with Gasteiger partial charge in [0.2, 0.25) is 10.0 Å². The van der Waals surface area contributed by atoms with Crippen molar-refractivity contribution in [2.45, 2.75) is 81.1 Å². The standard InChI is InChI=1S/C28H36N6O5S/c29-26(25-22(11-12-30-27(25)35)33-21-4-2-1-3-20(21)23-14-31-23)32-18-7-10-24-17(13-18)15-34(40(24,38)39)19-8-5-16(6-9-19)28(36)37/h7,10-13,16,19-21,27,30,33,35H,1-6,8-9,14-15H2,(H2,29,32)(H,36,37)/t16?,19?,20-,21-,27?/m0/s1. The average molecular weight is 569 g/mol. The third kappa shape index (κ3) is 5.15. The van der Waals surface area contributed by atoms with Crippen LogP contribution < -0.4 is 16.4 Å². The summed E-state index contributed by atoms with van der Waals surface area (Å²) in [6, 6.07) is 4.92. The van der Waals surface area contributed by atoms with E-state index in [1.54, 1.807) is 24.4 Å². The Bertz CT molecular complexity index is 1430. The van der Waals surface area contributed by atoms with E-state index in [4.69, 9.17) is 5.73 Å². The highest BCUT2D eigenvalue weighted by molar-refractivity contribution is 7.89. The Hall–Kier alpha value is -3.22. The topological polar surface area (TPSA) is 170 Å². The van der Waals surface area contributed by atoms with Crippen LogP contribution in [-0.4, -0.2) is 65.3 Å². The van der Waals surface area contributed by atoms with E-state index >= 15 is 0 Å². The molecule has 3 heterocycles. The smallest absolute Gasteiger partial charge is 0.306 e. The van der Waals surface area contributed by atoms with Gasteiger partial charge in [-0.1, -0.05) is 12.8 Å². The summed E-state index contributed by atoms with van der Waals surface area (Å²) in [5, 5.41) is 26.6. The van der Waals surface area contributed by atoms with Gasteiger partial charge >= 0.3 is 5.97 Å². The number of nitrogens with two attached hydrogens (primary N) is 1. The lowest BCUT2D eigenvalue weighted by atomic mass is 9.82. The molecule has 6 rings (SSSR count). The van der Waals surface area contributed by atoms with Gasteiger partial charge in [-0.3, -0.25) is 9.79 Å². The molecule has 0 amide bonds. The van der Waals surface area contributed by atoms with Crippen molar-refractivity contribution in [2.24, 2.45) is 27.6 Å². The number of carbonyl (C=O) groups is 1. The first-order chi connectivity index (χ1) is 19.2. The number of fused-ring (bicyclic) bond motifs is 1. The quantitative estimate of drug-likeness (QED) is 0.246. The minimum absolute atomic E-state index is 0.146. The maximum atomic E-state index is 13.3. The first-order valence-electron chi connectivity index (χ1n) is 14.1. The molecule has 3 atom stereocenters. The molecule has 2 fully saturated rings. The number of aliphatic imine (C=N–C) groups is 2. The molecule has 5 aliphatic rings. The van der Waals surface area contributed by atoms with Crippen molar-refractivity contribution in [3.8, 4) is 0 Å². The van der Waals surface area contributed by atoms with Gasteiger partial charge < -0.3 is 26.6 Å². The predicted octanol–water partition coefficient (Wildman–Crippen LogP) is 2.12. The van der Waals surface area contributed by atoms with Gasteiger partial charge in [-0.25, -0.2) is 13.4 Å². The Morgan fingerprint density at radius 3 is 2.62 bits per heavy atom. The zero-order valence-corrected chi connectivity index (χ0v) is 23.1. The fraction of sp³-hybridized carbons (Fsp3) is 0.536. The molecule has 0 saturated heterocycles. The Morgan fingerprint density at radius 1 is 1.15 bits per heavy atom. The number of amidine groups is 1. The van der Waals surface area contributed by atoms with Crippen LogP contribution >= 0.6 is 0 Å². The molecule has 1 aromatic carbocycles. The van der Waals surface area contributed by atoms with Gasteiger partial charge in [-0.15, -0.1) is 0 Å². The van der Waals surface area contributed by atoms with Crippen LogP contribution in [-0.2, 0) is 21.4 Å². The van der Waals surface area contributed by atoms with Gasteiger partial charge in [-0.05, 0) is 68.4 Å². The Morgan fingerprint density at radius 2 is 1.90 bits per heavy atom. The SMILES string of the molecule is NC(=Nc1ccc2c(c1)CN(C1CCC(C(=O)O)CC1)S2(=O)=O)C1=C(N[C@H]2CCCC[C@@H]2C2=NC2)C=CNC1O. The number of aliphatic hydroxyl groups excluding tert-OH is 1. The molecular weight excluding hydrogens is 532 g/mol. The fourth-order valence-corrected chi connectivity index (χ4v) is 8.51. The second-order valence-corrected chi connectivity index (χ2v) is 13.2. The lowest BCUT2D eigenvalue weighted by Gasteiger charge is -2.33. The zero-order valence-electron chi connectivity index (χ0n) is 22.3. The maximum Gasteiger partial charge on any atom is 0.306 e. The van der Waals surface area contributed by atoms with Crippen molar-refractivity contribution in [1.82, 2.24) is 14.9 Å². The lowest BCUT2D eigenvalue weighted by Crippen LogP contribution is -2.44.